The van der Waals surface area contributed by atoms with Crippen LogP contribution in [0, 0.1) is 6.92 Å². The van der Waals surface area contributed by atoms with Crippen LogP contribution in [-0.4, -0.2) is 17.4 Å². The molecule has 0 radical (unpaired) electrons. The first-order valence-corrected chi connectivity index (χ1v) is 6.70. The molecule has 0 heterocycles. The van der Waals surface area contributed by atoms with Crippen LogP contribution >= 0.6 is 11.6 Å². The van der Waals surface area contributed by atoms with Crippen LogP contribution in [-0.2, 0) is 4.65 Å². The van der Waals surface area contributed by atoms with Crippen LogP contribution < -0.4 is 0 Å². The number of hydrogen-bond acceptors (Lipinski definition) is 3. The predicted octanol–water partition coefficient (Wildman–Crippen LogP) is 3.26. The lowest BCUT2D eigenvalue weighted by atomic mass is 10.0. The van der Waals surface area contributed by atoms with Crippen molar-refractivity contribution in [3.05, 3.63) is 34.3 Å². The molecular formula is C13H20BClO3. The standard InChI is InChI=1S/C13H20BClO3/c1-3-4-5-6-13(18-14(16)17)11-8-7-10(2)12(15)9-11/h7-9,13,16-17H,3-6H2,1-2H3. The molecule has 0 aliphatic heterocycles. The summed E-state index contributed by atoms with van der Waals surface area (Å²) in [5.74, 6) is 0. The smallest absolute Gasteiger partial charge is 0.402 e. The molecule has 1 aromatic carbocycles. The molecule has 100 valence electrons. The second-order valence-corrected chi connectivity index (χ2v) is 4.86. The van der Waals surface area contributed by atoms with E-state index in [0.29, 0.717) is 5.02 Å². The first kappa shape index (κ1) is 15.5. The Kier molecular flexibility index (Phi) is 6.72. The Morgan fingerprint density at radius 2 is 2.06 bits per heavy atom. The summed E-state index contributed by atoms with van der Waals surface area (Å²) in [4.78, 5) is 0. The molecule has 5 heteroatoms. The van der Waals surface area contributed by atoms with Gasteiger partial charge in [-0.3, -0.25) is 0 Å². The van der Waals surface area contributed by atoms with Crippen molar-refractivity contribution < 1.29 is 14.7 Å². The Morgan fingerprint density at radius 3 is 2.61 bits per heavy atom. The highest BCUT2D eigenvalue weighted by molar-refractivity contribution is 6.32. The SMILES string of the molecule is CCCCCC(OB(O)O)c1ccc(C)c(Cl)c1. The van der Waals surface area contributed by atoms with E-state index >= 15 is 0 Å². The van der Waals surface area contributed by atoms with Crippen molar-refractivity contribution in [3.63, 3.8) is 0 Å². The molecule has 0 aromatic heterocycles. The molecule has 0 fully saturated rings. The van der Waals surface area contributed by atoms with Crippen LogP contribution in [0.15, 0.2) is 18.2 Å². The largest absolute Gasteiger partial charge is 0.634 e. The summed E-state index contributed by atoms with van der Waals surface area (Å²) in [6.45, 7) is 4.06. The molecule has 0 saturated heterocycles. The molecule has 0 saturated carbocycles. The summed E-state index contributed by atoms with van der Waals surface area (Å²) in [7, 11) is -1.75. The van der Waals surface area contributed by atoms with E-state index in [4.69, 9.17) is 26.3 Å². The molecule has 1 rings (SSSR count). The normalized spacial score (nSPS) is 12.5. The fraction of sp³-hybridized carbons (Fsp3) is 0.538. The molecule has 2 N–H and O–H groups in total. The number of benzene rings is 1. The Labute approximate surface area is 114 Å². The average molecular weight is 271 g/mol. The first-order chi connectivity index (χ1) is 8.54. The Hall–Kier alpha value is -0.545. The summed E-state index contributed by atoms with van der Waals surface area (Å²) in [5.41, 5.74) is 1.88. The molecule has 0 aliphatic carbocycles. The fourth-order valence-electron chi connectivity index (χ4n) is 1.85. The highest BCUT2D eigenvalue weighted by atomic mass is 35.5. The summed E-state index contributed by atoms with van der Waals surface area (Å²) in [6, 6.07) is 5.66. The van der Waals surface area contributed by atoms with Gasteiger partial charge in [0, 0.05) is 5.02 Å². The van der Waals surface area contributed by atoms with Crippen molar-refractivity contribution >= 4 is 18.9 Å². The molecular weight excluding hydrogens is 250 g/mol. The lowest BCUT2D eigenvalue weighted by Crippen LogP contribution is -2.21. The van der Waals surface area contributed by atoms with Gasteiger partial charge in [0.25, 0.3) is 0 Å². The molecule has 3 nitrogen and oxygen atoms in total. The van der Waals surface area contributed by atoms with Crippen molar-refractivity contribution in [2.75, 3.05) is 0 Å². The molecule has 18 heavy (non-hydrogen) atoms. The van der Waals surface area contributed by atoms with Gasteiger partial charge in [0.05, 0.1) is 6.10 Å². The first-order valence-electron chi connectivity index (χ1n) is 6.32. The number of unbranched alkanes of at least 4 members (excludes halogenated alkanes) is 2. The highest BCUT2D eigenvalue weighted by Crippen LogP contribution is 2.27. The second-order valence-electron chi connectivity index (χ2n) is 4.46. The minimum atomic E-state index is -1.75. The minimum absolute atomic E-state index is 0.324. The van der Waals surface area contributed by atoms with E-state index in [2.05, 4.69) is 6.92 Å². The average Bonchev–Trinajstić information content (AvgIpc) is 2.31. The summed E-state index contributed by atoms with van der Waals surface area (Å²) in [6.07, 6.45) is 3.63. The van der Waals surface area contributed by atoms with E-state index in [0.717, 1.165) is 36.8 Å². The van der Waals surface area contributed by atoms with Crippen molar-refractivity contribution in [2.45, 2.75) is 45.6 Å². The third kappa shape index (κ3) is 4.98. The Morgan fingerprint density at radius 1 is 1.33 bits per heavy atom. The molecule has 0 spiro atoms. The van der Waals surface area contributed by atoms with Gasteiger partial charge in [0.1, 0.15) is 0 Å². The van der Waals surface area contributed by atoms with Crippen molar-refractivity contribution in [1.82, 2.24) is 0 Å². The molecule has 0 bridgehead atoms. The van der Waals surface area contributed by atoms with Crippen LogP contribution in [0.2, 0.25) is 5.02 Å². The lowest BCUT2D eigenvalue weighted by molar-refractivity contribution is 0.110. The van der Waals surface area contributed by atoms with Gasteiger partial charge in [-0.1, -0.05) is 49.9 Å². The monoisotopic (exact) mass is 270 g/mol. The third-order valence-corrected chi connectivity index (χ3v) is 3.33. The van der Waals surface area contributed by atoms with Gasteiger partial charge in [-0.2, -0.15) is 0 Å². The Balaban J connectivity index is 2.76. The maximum atomic E-state index is 8.96. The van der Waals surface area contributed by atoms with Crippen LogP contribution in [0.1, 0.15) is 49.8 Å². The van der Waals surface area contributed by atoms with E-state index in [9.17, 15) is 0 Å². The van der Waals surface area contributed by atoms with E-state index in [1.165, 1.54) is 0 Å². The van der Waals surface area contributed by atoms with Gasteiger partial charge >= 0.3 is 7.32 Å². The summed E-state index contributed by atoms with van der Waals surface area (Å²) in [5, 5.41) is 18.6. The zero-order valence-electron chi connectivity index (χ0n) is 10.9. The quantitative estimate of drug-likeness (QED) is 0.591. The van der Waals surface area contributed by atoms with Gasteiger partial charge in [-0.05, 0) is 30.5 Å². The number of rotatable bonds is 7. The van der Waals surface area contributed by atoms with Gasteiger partial charge < -0.3 is 14.7 Å². The molecule has 1 atom stereocenters. The van der Waals surface area contributed by atoms with Gasteiger partial charge in [0.2, 0.25) is 0 Å². The van der Waals surface area contributed by atoms with Gasteiger partial charge in [0.15, 0.2) is 0 Å². The fourth-order valence-corrected chi connectivity index (χ4v) is 2.04. The van der Waals surface area contributed by atoms with E-state index in [-0.39, 0.29) is 6.10 Å². The number of aryl methyl sites for hydroxylation is 1. The molecule has 0 amide bonds. The number of halogens is 1. The topological polar surface area (TPSA) is 49.7 Å². The van der Waals surface area contributed by atoms with E-state index < -0.39 is 7.32 Å². The van der Waals surface area contributed by atoms with Crippen molar-refractivity contribution in [2.24, 2.45) is 0 Å². The van der Waals surface area contributed by atoms with Crippen LogP contribution in [0.5, 0.6) is 0 Å². The van der Waals surface area contributed by atoms with Crippen LogP contribution in [0.3, 0.4) is 0 Å². The molecule has 1 unspecified atom stereocenters. The van der Waals surface area contributed by atoms with Gasteiger partial charge in [-0.25, -0.2) is 0 Å². The molecule has 0 aliphatic rings. The zero-order chi connectivity index (χ0) is 13.5. The van der Waals surface area contributed by atoms with Crippen molar-refractivity contribution in [3.8, 4) is 0 Å². The van der Waals surface area contributed by atoms with Crippen LogP contribution in [0.4, 0.5) is 0 Å². The van der Waals surface area contributed by atoms with E-state index in [1.807, 2.05) is 25.1 Å². The zero-order valence-corrected chi connectivity index (χ0v) is 11.7. The number of hydrogen-bond donors (Lipinski definition) is 2. The van der Waals surface area contributed by atoms with E-state index in [1.54, 1.807) is 0 Å². The maximum Gasteiger partial charge on any atom is 0.634 e. The van der Waals surface area contributed by atoms with Gasteiger partial charge in [-0.15, -0.1) is 0 Å². The van der Waals surface area contributed by atoms with Crippen LogP contribution in [0.25, 0.3) is 0 Å². The molecule has 1 aromatic rings. The summed E-state index contributed by atoms with van der Waals surface area (Å²) < 4.78 is 5.13. The lowest BCUT2D eigenvalue weighted by Gasteiger charge is -2.19. The predicted molar refractivity (Wildman–Crippen MR) is 74.3 cm³/mol. The van der Waals surface area contributed by atoms with Crippen molar-refractivity contribution in [1.29, 1.82) is 0 Å². The summed E-state index contributed by atoms with van der Waals surface area (Å²) >= 11 is 6.08. The minimum Gasteiger partial charge on any atom is -0.402 e. The third-order valence-electron chi connectivity index (χ3n) is 2.92. The maximum absolute atomic E-state index is 8.96. The highest BCUT2D eigenvalue weighted by Gasteiger charge is 2.20. The Bertz CT molecular complexity index is 371. The second kappa shape index (κ2) is 7.79.